The van der Waals surface area contributed by atoms with Crippen LogP contribution in [0.5, 0.6) is 0 Å². The topological polar surface area (TPSA) is 30.2 Å². The second-order valence-electron chi connectivity index (χ2n) is 6.62. The average Bonchev–Trinajstić information content (AvgIpc) is 2.57. The Bertz CT molecular complexity index is 539. The van der Waals surface area contributed by atoms with E-state index in [1.807, 2.05) is 6.20 Å². The van der Waals surface area contributed by atoms with Gasteiger partial charge in [0.1, 0.15) is 5.82 Å². The van der Waals surface area contributed by atoms with E-state index in [9.17, 15) is 0 Å². The molecule has 0 unspecified atom stereocenters. The predicted molar refractivity (Wildman–Crippen MR) is 70.4 cm³/mol. The lowest BCUT2D eigenvalue weighted by atomic mass is 9.92. The van der Waals surface area contributed by atoms with E-state index < -0.39 is 0 Å². The molecule has 3 heteroatoms. The Hall–Kier alpha value is -1.38. The minimum absolute atomic E-state index is 0.0390. The molecule has 2 aromatic rings. The summed E-state index contributed by atoms with van der Waals surface area (Å²) in [5.74, 6) is 1.06. The van der Waals surface area contributed by atoms with Crippen molar-refractivity contribution in [3.8, 4) is 0 Å². The van der Waals surface area contributed by atoms with Crippen LogP contribution in [0.4, 0.5) is 0 Å². The van der Waals surface area contributed by atoms with Crippen molar-refractivity contribution in [1.29, 1.82) is 0 Å². The van der Waals surface area contributed by atoms with Crippen molar-refractivity contribution in [2.75, 3.05) is 0 Å². The van der Waals surface area contributed by atoms with Gasteiger partial charge in [-0.3, -0.25) is 4.40 Å². The van der Waals surface area contributed by atoms with Gasteiger partial charge in [-0.25, -0.2) is 9.97 Å². The Morgan fingerprint density at radius 3 is 2.18 bits per heavy atom. The van der Waals surface area contributed by atoms with Crippen molar-refractivity contribution in [3.05, 3.63) is 30.0 Å². The van der Waals surface area contributed by atoms with E-state index in [1.54, 1.807) is 0 Å². The first-order valence-corrected chi connectivity index (χ1v) is 6.05. The highest BCUT2D eigenvalue weighted by atomic mass is 15.1. The van der Waals surface area contributed by atoms with Crippen LogP contribution in [0.1, 0.15) is 53.1 Å². The van der Waals surface area contributed by atoms with Crippen LogP contribution in [-0.2, 0) is 10.8 Å². The summed E-state index contributed by atoms with van der Waals surface area (Å²) in [5.41, 5.74) is 2.15. The average molecular weight is 231 g/mol. The van der Waals surface area contributed by atoms with E-state index >= 15 is 0 Å². The van der Waals surface area contributed by atoms with Gasteiger partial charge in [0.2, 0.25) is 0 Å². The highest BCUT2D eigenvalue weighted by Gasteiger charge is 2.21. The zero-order valence-corrected chi connectivity index (χ0v) is 11.6. The summed E-state index contributed by atoms with van der Waals surface area (Å²) < 4.78 is 2.08. The summed E-state index contributed by atoms with van der Waals surface area (Å²) >= 11 is 0. The lowest BCUT2D eigenvalue weighted by molar-refractivity contribution is 0.539. The Labute approximate surface area is 103 Å². The van der Waals surface area contributed by atoms with E-state index in [0.717, 1.165) is 17.2 Å². The molecule has 0 saturated carbocycles. The fraction of sp³-hybridized carbons (Fsp3) is 0.571. The summed E-state index contributed by atoms with van der Waals surface area (Å²) in [6, 6.07) is 2.09. The molecule has 0 bridgehead atoms. The molecule has 0 saturated heterocycles. The lowest BCUT2D eigenvalue weighted by Gasteiger charge is -2.19. The zero-order chi connectivity index (χ0) is 12.8. The maximum absolute atomic E-state index is 4.68. The van der Waals surface area contributed by atoms with Gasteiger partial charge < -0.3 is 0 Å². The largest absolute Gasteiger partial charge is 0.288 e. The van der Waals surface area contributed by atoms with Gasteiger partial charge in [-0.15, -0.1) is 0 Å². The normalized spacial score (nSPS) is 13.3. The standard InChI is InChI=1S/C14H21N3/c1-13(2,3)10-7-8-17-11(16-10)9-15-12(17)14(4,5)6/h7-9H,1-6H3. The summed E-state index contributed by atoms with van der Waals surface area (Å²) in [6.07, 6.45) is 3.94. The third-order valence-electron chi connectivity index (χ3n) is 2.83. The molecule has 0 N–H and O–H groups in total. The number of aromatic nitrogens is 3. The number of nitrogens with zero attached hydrogens (tertiary/aromatic N) is 3. The molecular weight excluding hydrogens is 210 g/mol. The maximum atomic E-state index is 4.68. The van der Waals surface area contributed by atoms with Crippen LogP contribution in [0.25, 0.3) is 5.65 Å². The van der Waals surface area contributed by atoms with Crippen LogP contribution in [-0.4, -0.2) is 14.4 Å². The van der Waals surface area contributed by atoms with Crippen LogP contribution in [0.2, 0.25) is 0 Å². The Morgan fingerprint density at radius 2 is 1.65 bits per heavy atom. The highest BCUT2D eigenvalue weighted by Crippen LogP contribution is 2.24. The Kier molecular flexibility index (Phi) is 2.53. The molecule has 2 heterocycles. The van der Waals surface area contributed by atoms with Crippen molar-refractivity contribution in [2.45, 2.75) is 52.4 Å². The molecule has 2 rings (SSSR count). The molecule has 0 atom stereocenters. The first-order valence-electron chi connectivity index (χ1n) is 6.05. The minimum Gasteiger partial charge on any atom is -0.288 e. The van der Waals surface area contributed by atoms with Gasteiger partial charge in [0.25, 0.3) is 0 Å². The molecule has 3 nitrogen and oxygen atoms in total. The third-order valence-corrected chi connectivity index (χ3v) is 2.83. The van der Waals surface area contributed by atoms with E-state index in [2.05, 4.69) is 68.2 Å². The molecule has 0 aliphatic rings. The van der Waals surface area contributed by atoms with Crippen molar-refractivity contribution in [2.24, 2.45) is 0 Å². The lowest BCUT2D eigenvalue weighted by Crippen LogP contribution is -2.17. The van der Waals surface area contributed by atoms with Gasteiger partial charge >= 0.3 is 0 Å². The summed E-state index contributed by atoms with van der Waals surface area (Å²) in [4.78, 5) is 9.17. The second kappa shape index (κ2) is 3.56. The van der Waals surface area contributed by atoms with E-state index in [4.69, 9.17) is 0 Å². The number of rotatable bonds is 0. The van der Waals surface area contributed by atoms with Crippen molar-refractivity contribution >= 4 is 5.65 Å². The number of hydrogen-bond donors (Lipinski definition) is 0. The quantitative estimate of drug-likeness (QED) is 0.696. The molecule has 0 fully saturated rings. The molecule has 0 amide bonds. The SMILES string of the molecule is CC(C)(C)c1ccn2c(C(C)(C)C)ncc2n1. The molecule has 0 aliphatic heterocycles. The van der Waals surface area contributed by atoms with E-state index in [0.29, 0.717) is 0 Å². The van der Waals surface area contributed by atoms with Gasteiger partial charge in [0, 0.05) is 22.7 Å². The summed E-state index contributed by atoms with van der Waals surface area (Å²) in [7, 11) is 0. The molecule has 0 aromatic carbocycles. The first kappa shape index (κ1) is 12.1. The molecular formula is C14H21N3. The van der Waals surface area contributed by atoms with Crippen LogP contribution in [0.3, 0.4) is 0 Å². The van der Waals surface area contributed by atoms with Crippen molar-refractivity contribution < 1.29 is 0 Å². The van der Waals surface area contributed by atoms with Gasteiger partial charge in [-0.2, -0.15) is 0 Å². The van der Waals surface area contributed by atoms with Gasteiger partial charge in [-0.05, 0) is 6.07 Å². The Balaban J connectivity index is 2.61. The predicted octanol–water partition coefficient (Wildman–Crippen LogP) is 3.32. The minimum atomic E-state index is 0.0390. The number of imidazole rings is 1. The molecule has 92 valence electrons. The summed E-state index contributed by atoms with van der Waals surface area (Å²) in [6.45, 7) is 13.0. The smallest absolute Gasteiger partial charge is 0.156 e. The molecule has 0 spiro atoms. The first-order chi connectivity index (χ1) is 7.69. The van der Waals surface area contributed by atoms with E-state index in [-0.39, 0.29) is 10.8 Å². The fourth-order valence-corrected chi connectivity index (χ4v) is 1.86. The van der Waals surface area contributed by atoms with Crippen LogP contribution < -0.4 is 0 Å². The van der Waals surface area contributed by atoms with Crippen LogP contribution >= 0.6 is 0 Å². The monoisotopic (exact) mass is 231 g/mol. The molecule has 17 heavy (non-hydrogen) atoms. The molecule has 0 radical (unpaired) electrons. The van der Waals surface area contributed by atoms with Crippen molar-refractivity contribution in [1.82, 2.24) is 14.4 Å². The number of fused-ring (bicyclic) bond motifs is 1. The maximum Gasteiger partial charge on any atom is 0.156 e. The van der Waals surface area contributed by atoms with E-state index in [1.165, 1.54) is 0 Å². The van der Waals surface area contributed by atoms with Crippen molar-refractivity contribution in [3.63, 3.8) is 0 Å². The zero-order valence-electron chi connectivity index (χ0n) is 11.6. The third kappa shape index (κ3) is 2.19. The summed E-state index contributed by atoms with van der Waals surface area (Å²) in [5, 5.41) is 0. The highest BCUT2D eigenvalue weighted by molar-refractivity contribution is 5.40. The van der Waals surface area contributed by atoms with Crippen LogP contribution in [0.15, 0.2) is 18.5 Å². The van der Waals surface area contributed by atoms with Crippen LogP contribution in [0, 0.1) is 0 Å². The van der Waals surface area contributed by atoms with Gasteiger partial charge in [0.15, 0.2) is 5.65 Å². The van der Waals surface area contributed by atoms with Gasteiger partial charge in [0.05, 0.1) is 6.20 Å². The van der Waals surface area contributed by atoms with Gasteiger partial charge in [-0.1, -0.05) is 41.5 Å². The Morgan fingerprint density at radius 1 is 1.00 bits per heavy atom. The fourth-order valence-electron chi connectivity index (χ4n) is 1.86. The molecule has 0 aliphatic carbocycles. The molecule has 2 aromatic heterocycles. The number of hydrogen-bond acceptors (Lipinski definition) is 2. The second-order valence-corrected chi connectivity index (χ2v) is 6.62.